The zero-order valence-corrected chi connectivity index (χ0v) is 8.60. The van der Waals surface area contributed by atoms with E-state index >= 15 is 0 Å². The summed E-state index contributed by atoms with van der Waals surface area (Å²) in [4.78, 5) is 11.9. The maximum atomic E-state index is 10.9. The Kier molecular flexibility index (Phi) is 3.37. The monoisotopic (exact) mass is 195 g/mol. The molecule has 1 aromatic rings. The van der Waals surface area contributed by atoms with Gasteiger partial charge >= 0.3 is 0 Å². The van der Waals surface area contributed by atoms with E-state index in [4.69, 9.17) is 5.73 Å². The Morgan fingerprint density at radius 2 is 2.15 bits per heavy atom. The molecule has 0 aliphatic carbocycles. The summed E-state index contributed by atoms with van der Waals surface area (Å²) in [7, 11) is 0. The van der Waals surface area contributed by atoms with E-state index in [1.165, 1.54) is 0 Å². The van der Waals surface area contributed by atoms with Gasteiger partial charge < -0.3 is 5.73 Å². The van der Waals surface area contributed by atoms with Gasteiger partial charge in [0, 0.05) is 15.7 Å². The standard InChI is InChI=1S/C10H13NOS/c1-7(2)13-9-5-3-4-8(6-9)10(11)12/h3-7H,1-2H3,(H2,11,12). The molecule has 0 heterocycles. The van der Waals surface area contributed by atoms with Crippen LogP contribution in [0.2, 0.25) is 0 Å². The van der Waals surface area contributed by atoms with Crippen LogP contribution in [-0.2, 0) is 0 Å². The van der Waals surface area contributed by atoms with Gasteiger partial charge in [-0.25, -0.2) is 0 Å². The smallest absolute Gasteiger partial charge is 0.248 e. The average Bonchev–Trinajstić information content (AvgIpc) is 2.03. The zero-order valence-electron chi connectivity index (χ0n) is 7.78. The lowest BCUT2D eigenvalue weighted by Gasteiger charge is -2.05. The first kappa shape index (κ1) is 10.1. The van der Waals surface area contributed by atoms with Crippen molar-refractivity contribution >= 4 is 17.7 Å². The van der Waals surface area contributed by atoms with Gasteiger partial charge in [0.25, 0.3) is 0 Å². The topological polar surface area (TPSA) is 43.1 Å². The van der Waals surface area contributed by atoms with Crippen LogP contribution in [0.1, 0.15) is 24.2 Å². The molecule has 13 heavy (non-hydrogen) atoms. The Labute approximate surface area is 82.5 Å². The molecule has 0 aromatic heterocycles. The minimum absolute atomic E-state index is 0.369. The van der Waals surface area contributed by atoms with E-state index in [0.29, 0.717) is 10.8 Å². The molecule has 2 N–H and O–H groups in total. The number of primary amides is 1. The molecule has 0 fully saturated rings. The number of amides is 1. The highest BCUT2D eigenvalue weighted by Crippen LogP contribution is 2.23. The summed E-state index contributed by atoms with van der Waals surface area (Å²) < 4.78 is 0. The summed E-state index contributed by atoms with van der Waals surface area (Å²) in [5, 5.41) is 0.517. The number of hydrogen-bond donors (Lipinski definition) is 1. The van der Waals surface area contributed by atoms with Crippen LogP contribution in [0.5, 0.6) is 0 Å². The molecule has 0 radical (unpaired) electrons. The molecule has 0 spiro atoms. The van der Waals surface area contributed by atoms with Crippen LogP contribution in [0.4, 0.5) is 0 Å². The first-order valence-corrected chi connectivity index (χ1v) is 5.04. The first-order chi connectivity index (χ1) is 6.09. The fourth-order valence-corrected chi connectivity index (χ4v) is 1.89. The predicted octanol–water partition coefficient (Wildman–Crippen LogP) is 2.29. The number of hydrogen-bond acceptors (Lipinski definition) is 2. The van der Waals surface area contributed by atoms with Gasteiger partial charge in [0.05, 0.1) is 0 Å². The van der Waals surface area contributed by atoms with E-state index in [2.05, 4.69) is 13.8 Å². The van der Waals surface area contributed by atoms with Crippen LogP contribution in [0.15, 0.2) is 29.2 Å². The van der Waals surface area contributed by atoms with E-state index < -0.39 is 0 Å². The fourth-order valence-electron chi connectivity index (χ4n) is 0.995. The Hall–Kier alpha value is -0.960. The van der Waals surface area contributed by atoms with Crippen molar-refractivity contribution in [2.75, 3.05) is 0 Å². The van der Waals surface area contributed by atoms with Crippen molar-refractivity contribution in [1.82, 2.24) is 0 Å². The van der Waals surface area contributed by atoms with E-state index in [1.807, 2.05) is 18.2 Å². The molecule has 2 nitrogen and oxygen atoms in total. The molecule has 0 aliphatic rings. The maximum absolute atomic E-state index is 10.9. The van der Waals surface area contributed by atoms with Gasteiger partial charge in [-0.3, -0.25) is 4.79 Å². The van der Waals surface area contributed by atoms with E-state index in [-0.39, 0.29) is 5.91 Å². The second-order valence-electron chi connectivity index (χ2n) is 3.06. The number of rotatable bonds is 3. The first-order valence-electron chi connectivity index (χ1n) is 4.16. The molecule has 1 rings (SSSR count). The van der Waals surface area contributed by atoms with Gasteiger partial charge in [0.15, 0.2) is 0 Å². The Morgan fingerprint density at radius 1 is 1.46 bits per heavy atom. The lowest BCUT2D eigenvalue weighted by atomic mass is 10.2. The summed E-state index contributed by atoms with van der Waals surface area (Å²) in [5.41, 5.74) is 5.74. The SMILES string of the molecule is CC(C)Sc1cccc(C(N)=O)c1. The van der Waals surface area contributed by atoms with Gasteiger partial charge in [-0.05, 0) is 18.2 Å². The Morgan fingerprint density at radius 3 is 2.69 bits per heavy atom. The van der Waals surface area contributed by atoms with Crippen LogP contribution < -0.4 is 5.73 Å². The molecule has 1 aromatic carbocycles. The predicted molar refractivity (Wildman–Crippen MR) is 56.0 cm³/mol. The van der Waals surface area contributed by atoms with Crippen LogP contribution in [0, 0.1) is 0 Å². The van der Waals surface area contributed by atoms with E-state index in [1.54, 1.807) is 17.8 Å². The van der Waals surface area contributed by atoms with E-state index in [0.717, 1.165) is 4.90 Å². The summed E-state index contributed by atoms with van der Waals surface area (Å²) in [6, 6.07) is 7.39. The van der Waals surface area contributed by atoms with Crippen molar-refractivity contribution in [3.8, 4) is 0 Å². The molecule has 1 amide bonds. The average molecular weight is 195 g/mol. The minimum Gasteiger partial charge on any atom is -0.366 e. The molecule has 0 saturated heterocycles. The lowest BCUT2D eigenvalue weighted by Crippen LogP contribution is -2.10. The minimum atomic E-state index is -0.369. The van der Waals surface area contributed by atoms with Crippen LogP contribution in [0.25, 0.3) is 0 Å². The second kappa shape index (κ2) is 4.33. The Bertz CT molecular complexity index is 310. The van der Waals surface area contributed by atoms with Crippen molar-refractivity contribution in [3.63, 3.8) is 0 Å². The quantitative estimate of drug-likeness (QED) is 0.752. The molecule has 0 aliphatic heterocycles. The highest BCUT2D eigenvalue weighted by molar-refractivity contribution is 7.99. The summed E-state index contributed by atoms with van der Waals surface area (Å²) in [6.45, 7) is 4.23. The Balaban J connectivity index is 2.85. The van der Waals surface area contributed by atoms with Crippen LogP contribution in [0.3, 0.4) is 0 Å². The van der Waals surface area contributed by atoms with Gasteiger partial charge in [0.1, 0.15) is 0 Å². The van der Waals surface area contributed by atoms with Gasteiger partial charge in [-0.2, -0.15) is 0 Å². The van der Waals surface area contributed by atoms with Crippen LogP contribution in [-0.4, -0.2) is 11.2 Å². The van der Waals surface area contributed by atoms with E-state index in [9.17, 15) is 4.79 Å². The summed E-state index contributed by atoms with van der Waals surface area (Å²) >= 11 is 1.72. The lowest BCUT2D eigenvalue weighted by molar-refractivity contribution is 0.1000. The molecule has 70 valence electrons. The molecule has 0 bridgehead atoms. The molecule has 0 atom stereocenters. The molecule has 0 unspecified atom stereocenters. The van der Waals surface area contributed by atoms with Gasteiger partial charge in [-0.15, -0.1) is 11.8 Å². The maximum Gasteiger partial charge on any atom is 0.248 e. The third-order valence-electron chi connectivity index (χ3n) is 1.49. The molecule has 0 saturated carbocycles. The zero-order chi connectivity index (χ0) is 9.84. The van der Waals surface area contributed by atoms with Gasteiger partial charge in [0.2, 0.25) is 5.91 Å². The summed E-state index contributed by atoms with van der Waals surface area (Å²) in [5.74, 6) is -0.369. The van der Waals surface area contributed by atoms with Crippen molar-refractivity contribution < 1.29 is 4.79 Å². The highest BCUT2D eigenvalue weighted by Gasteiger charge is 2.02. The van der Waals surface area contributed by atoms with Crippen molar-refractivity contribution in [1.29, 1.82) is 0 Å². The largest absolute Gasteiger partial charge is 0.366 e. The van der Waals surface area contributed by atoms with Crippen molar-refractivity contribution in [2.45, 2.75) is 24.0 Å². The second-order valence-corrected chi connectivity index (χ2v) is 4.71. The van der Waals surface area contributed by atoms with Crippen LogP contribution >= 0.6 is 11.8 Å². The number of carbonyl (C=O) groups is 1. The molecular formula is C10H13NOS. The molecule has 3 heteroatoms. The number of benzene rings is 1. The van der Waals surface area contributed by atoms with Crippen molar-refractivity contribution in [2.24, 2.45) is 5.73 Å². The summed E-state index contributed by atoms with van der Waals surface area (Å²) in [6.07, 6.45) is 0. The van der Waals surface area contributed by atoms with Gasteiger partial charge in [-0.1, -0.05) is 19.9 Å². The number of carbonyl (C=O) groups excluding carboxylic acids is 1. The van der Waals surface area contributed by atoms with Crippen molar-refractivity contribution in [3.05, 3.63) is 29.8 Å². The number of thioether (sulfide) groups is 1. The fraction of sp³-hybridized carbons (Fsp3) is 0.300. The third-order valence-corrected chi connectivity index (χ3v) is 2.49. The normalized spacial score (nSPS) is 10.4. The number of nitrogens with two attached hydrogens (primary N) is 1. The third kappa shape index (κ3) is 3.11. The molecular weight excluding hydrogens is 182 g/mol. The highest BCUT2D eigenvalue weighted by atomic mass is 32.2.